The van der Waals surface area contributed by atoms with Crippen molar-refractivity contribution in [2.24, 2.45) is 0 Å². The third kappa shape index (κ3) is 5.82. The highest BCUT2D eigenvalue weighted by molar-refractivity contribution is 6.18. The molecule has 0 bridgehead atoms. The molecule has 0 spiro atoms. The molecule has 0 fully saturated rings. The van der Waals surface area contributed by atoms with Crippen LogP contribution in [0.4, 0.5) is 17.1 Å². The van der Waals surface area contributed by atoms with Gasteiger partial charge in [0.25, 0.3) is 0 Å². The number of fused-ring (bicyclic) bond motifs is 7. The van der Waals surface area contributed by atoms with Crippen molar-refractivity contribution in [2.75, 3.05) is 4.90 Å². The molecule has 12 aromatic rings. The van der Waals surface area contributed by atoms with E-state index >= 15 is 0 Å². The molecule has 0 aliphatic rings. The predicted octanol–water partition coefficient (Wildman–Crippen LogP) is 16.3. The summed E-state index contributed by atoms with van der Waals surface area (Å²) >= 11 is 0. The zero-order valence-electron chi connectivity index (χ0n) is 33.2. The number of anilines is 3. The molecular formula is C58H38N2O. The quantitative estimate of drug-likeness (QED) is 0.161. The van der Waals surface area contributed by atoms with Gasteiger partial charge in [0.05, 0.1) is 22.1 Å². The Kier molecular flexibility index (Phi) is 8.17. The Hall–Kier alpha value is -8.14. The Morgan fingerprint density at radius 3 is 1.52 bits per heavy atom. The van der Waals surface area contributed by atoms with Crippen LogP contribution in [0, 0.1) is 0 Å². The number of hydrogen-bond donors (Lipinski definition) is 0. The molecule has 0 aliphatic heterocycles. The second kappa shape index (κ2) is 14.3. The van der Waals surface area contributed by atoms with Crippen LogP contribution in [0.3, 0.4) is 0 Å². The maximum atomic E-state index is 6.89. The van der Waals surface area contributed by atoms with Crippen molar-refractivity contribution in [2.45, 2.75) is 0 Å². The number of nitrogens with zero attached hydrogens (tertiary/aromatic N) is 2. The third-order valence-electron chi connectivity index (χ3n) is 12.2. The number of hydrogen-bond acceptors (Lipinski definition) is 2. The lowest BCUT2D eigenvalue weighted by molar-refractivity contribution is 0.670. The van der Waals surface area contributed by atoms with Crippen LogP contribution in [0.2, 0.25) is 0 Å². The molecule has 0 unspecified atom stereocenters. The average Bonchev–Trinajstić information content (AvgIpc) is 3.89. The SMILES string of the molecule is c1ccc(-c2ccc(-c3ccc(N(c4ccc(-n5c6ccccc6c6ccccc65)cc4)c4ccc(-c5cccc6ccccc56)c5oc6ccccc6c45)cc3)cc2)cc1. The largest absolute Gasteiger partial charge is 0.455 e. The molecule has 0 saturated heterocycles. The zero-order chi connectivity index (χ0) is 40.3. The smallest absolute Gasteiger partial charge is 0.145 e. The molecular weight excluding hydrogens is 741 g/mol. The highest BCUT2D eigenvalue weighted by atomic mass is 16.3. The summed E-state index contributed by atoms with van der Waals surface area (Å²) in [5.74, 6) is 0. The van der Waals surface area contributed by atoms with Crippen molar-refractivity contribution in [3.05, 3.63) is 231 Å². The topological polar surface area (TPSA) is 21.3 Å². The molecule has 10 aromatic carbocycles. The Morgan fingerprint density at radius 1 is 0.344 bits per heavy atom. The number of aromatic nitrogens is 1. The van der Waals surface area contributed by atoms with E-state index in [1.165, 1.54) is 49.3 Å². The van der Waals surface area contributed by atoms with E-state index in [0.717, 1.165) is 61.4 Å². The number of benzene rings is 10. The summed E-state index contributed by atoms with van der Waals surface area (Å²) < 4.78 is 9.26. The minimum Gasteiger partial charge on any atom is -0.455 e. The van der Waals surface area contributed by atoms with Gasteiger partial charge in [0.2, 0.25) is 0 Å². The van der Waals surface area contributed by atoms with E-state index in [1.807, 2.05) is 0 Å². The predicted molar refractivity (Wildman–Crippen MR) is 257 cm³/mol. The van der Waals surface area contributed by atoms with Crippen LogP contribution >= 0.6 is 0 Å². The fourth-order valence-electron chi connectivity index (χ4n) is 9.34. The van der Waals surface area contributed by atoms with E-state index in [-0.39, 0.29) is 0 Å². The first-order chi connectivity index (χ1) is 30.3. The molecule has 12 rings (SSSR count). The van der Waals surface area contributed by atoms with Crippen LogP contribution < -0.4 is 4.90 Å². The first-order valence-electron chi connectivity index (χ1n) is 20.8. The summed E-state index contributed by atoms with van der Waals surface area (Å²) in [6, 6.07) is 82.8. The monoisotopic (exact) mass is 778 g/mol. The summed E-state index contributed by atoms with van der Waals surface area (Å²) in [6.07, 6.45) is 0. The molecule has 61 heavy (non-hydrogen) atoms. The lowest BCUT2D eigenvalue weighted by atomic mass is 9.95. The van der Waals surface area contributed by atoms with Crippen LogP contribution in [0.15, 0.2) is 235 Å². The summed E-state index contributed by atoms with van der Waals surface area (Å²) in [7, 11) is 0. The van der Waals surface area contributed by atoms with Crippen LogP contribution in [0.5, 0.6) is 0 Å². The Bertz CT molecular complexity index is 3500. The van der Waals surface area contributed by atoms with Crippen molar-refractivity contribution in [3.8, 4) is 39.1 Å². The van der Waals surface area contributed by atoms with Crippen molar-refractivity contribution < 1.29 is 4.42 Å². The van der Waals surface area contributed by atoms with E-state index in [9.17, 15) is 0 Å². The summed E-state index contributed by atoms with van der Waals surface area (Å²) in [4.78, 5) is 2.38. The normalized spacial score (nSPS) is 11.6. The van der Waals surface area contributed by atoms with Crippen molar-refractivity contribution >= 4 is 71.6 Å². The third-order valence-corrected chi connectivity index (χ3v) is 12.2. The molecule has 0 amide bonds. The molecule has 0 aliphatic carbocycles. The second-order valence-electron chi connectivity index (χ2n) is 15.7. The summed E-state index contributed by atoms with van der Waals surface area (Å²) in [5.41, 5.74) is 15.4. The van der Waals surface area contributed by atoms with E-state index in [1.54, 1.807) is 0 Å². The zero-order valence-corrected chi connectivity index (χ0v) is 33.2. The molecule has 0 atom stereocenters. The molecule has 286 valence electrons. The lowest BCUT2D eigenvalue weighted by Gasteiger charge is -2.27. The molecule has 3 heteroatoms. The minimum absolute atomic E-state index is 0.863. The first-order valence-corrected chi connectivity index (χ1v) is 20.8. The highest BCUT2D eigenvalue weighted by Gasteiger charge is 2.23. The highest BCUT2D eigenvalue weighted by Crippen LogP contribution is 2.47. The molecule has 2 aromatic heterocycles. The van der Waals surface area contributed by atoms with Gasteiger partial charge in [0, 0.05) is 38.8 Å². The summed E-state index contributed by atoms with van der Waals surface area (Å²) in [6.45, 7) is 0. The average molecular weight is 779 g/mol. The molecule has 0 radical (unpaired) electrons. The van der Waals surface area contributed by atoms with Crippen molar-refractivity contribution in [1.29, 1.82) is 0 Å². The lowest BCUT2D eigenvalue weighted by Crippen LogP contribution is -2.10. The number of para-hydroxylation sites is 3. The van der Waals surface area contributed by atoms with Gasteiger partial charge in [-0.15, -0.1) is 0 Å². The fraction of sp³-hybridized carbons (Fsp3) is 0. The van der Waals surface area contributed by atoms with Crippen molar-refractivity contribution in [1.82, 2.24) is 4.57 Å². The van der Waals surface area contributed by atoms with Gasteiger partial charge < -0.3 is 13.9 Å². The van der Waals surface area contributed by atoms with Crippen LogP contribution in [-0.4, -0.2) is 4.57 Å². The van der Waals surface area contributed by atoms with Gasteiger partial charge in [-0.1, -0.05) is 164 Å². The second-order valence-corrected chi connectivity index (χ2v) is 15.7. The van der Waals surface area contributed by atoms with E-state index < -0.39 is 0 Å². The van der Waals surface area contributed by atoms with Gasteiger partial charge >= 0.3 is 0 Å². The van der Waals surface area contributed by atoms with E-state index in [4.69, 9.17) is 4.42 Å². The Labute approximate surface area is 353 Å². The van der Waals surface area contributed by atoms with E-state index in [0.29, 0.717) is 0 Å². The van der Waals surface area contributed by atoms with Crippen LogP contribution in [0.1, 0.15) is 0 Å². The van der Waals surface area contributed by atoms with Gasteiger partial charge in [-0.25, -0.2) is 0 Å². The number of rotatable bonds is 7. The minimum atomic E-state index is 0.863. The molecule has 3 nitrogen and oxygen atoms in total. The van der Waals surface area contributed by atoms with Crippen molar-refractivity contribution in [3.63, 3.8) is 0 Å². The van der Waals surface area contributed by atoms with Crippen LogP contribution in [-0.2, 0) is 0 Å². The van der Waals surface area contributed by atoms with Gasteiger partial charge in [0.1, 0.15) is 11.2 Å². The number of furan rings is 1. The Balaban J connectivity index is 1.04. The van der Waals surface area contributed by atoms with Gasteiger partial charge in [-0.2, -0.15) is 0 Å². The van der Waals surface area contributed by atoms with E-state index in [2.05, 4.69) is 240 Å². The summed E-state index contributed by atoms with van der Waals surface area (Å²) in [5, 5.41) is 7.06. The van der Waals surface area contributed by atoms with Gasteiger partial charge in [-0.05, 0) is 105 Å². The molecule has 0 saturated carbocycles. The fourth-order valence-corrected chi connectivity index (χ4v) is 9.34. The Morgan fingerprint density at radius 2 is 0.852 bits per heavy atom. The standard InChI is InChI=1S/C58H38N2O/c1-2-13-39(14-3-1)40-25-27-41(28-26-40)42-29-31-44(32-30-42)59(45-33-35-46(36-34-45)60-53-22-9-6-18-49(53)50-19-7-10-23-54(50)60)55-38-37-51(48-21-12-16-43-15-4-5-17-47(43)48)58-57(55)52-20-8-11-24-56(52)61-58/h1-38H. The van der Waals surface area contributed by atoms with Gasteiger partial charge in [-0.3, -0.25) is 0 Å². The first kappa shape index (κ1) is 34.9. The maximum absolute atomic E-state index is 6.89. The molecule has 2 heterocycles. The molecule has 0 N–H and O–H groups in total. The maximum Gasteiger partial charge on any atom is 0.145 e. The van der Waals surface area contributed by atoms with Gasteiger partial charge in [0.15, 0.2) is 0 Å². The van der Waals surface area contributed by atoms with Crippen LogP contribution in [0.25, 0.3) is 93.6 Å².